The third-order valence-electron chi connectivity index (χ3n) is 7.74. The number of carbonyl (C=O) groups is 2. The molecule has 1 saturated heterocycles. The zero-order valence-electron chi connectivity index (χ0n) is 23.3. The van der Waals surface area contributed by atoms with Gasteiger partial charge < -0.3 is 30.6 Å². The number of H-pyrrole nitrogens is 1. The lowest BCUT2D eigenvalue weighted by Gasteiger charge is -2.30. The molecule has 1 aromatic carbocycles. The molecular weight excluding hydrogens is 532 g/mol. The first-order valence-corrected chi connectivity index (χ1v) is 14.3. The molecule has 4 aromatic rings. The number of amides is 2. The van der Waals surface area contributed by atoms with Crippen molar-refractivity contribution in [3.05, 3.63) is 73.3 Å². The molecule has 42 heavy (non-hydrogen) atoms. The largest absolute Gasteiger partial charge is 0.382 e. The zero-order valence-corrected chi connectivity index (χ0v) is 23.3. The van der Waals surface area contributed by atoms with Crippen molar-refractivity contribution in [3.8, 4) is 11.3 Å². The molecule has 11 heteroatoms. The van der Waals surface area contributed by atoms with Gasteiger partial charge in [0.1, 0.15) is 23.5 Å². The van der Waals surface area contributed by atoms with Crippen LogP contribution in [0.25, 0.3) is 22.3 Å². The first kappa shape index (κ1) is 27.4. The predicted molar refractivity (Wildman–Crippen MR) is 163 cm³/mol. The van der Waals surface area contributed by atoms with E-state index in [0.29, 0.717) is 24.6 Å². The van der Waals surface area contributed by atoms with Gasteiger partial charge in [-0.25, -0.2) is 9.97 Å². The summed E-state index contributed by atoms with van der Waals surface area (Å²) in [5.74, 6) is 0.467. The van der Waals surface area contributed by atoms with Gasteiger partial charge in [-0.05, 0) is 67.7 Å². The van der Waals surface area contributed by atoms with Crippen LogP contribution in [0.5, 0.6) is 0 Å². The number of carbonyl (C=O) groups excluding carboxylic acids is 2. The van der Waals surface area contributed by atoms with Gasteiger partial charge in [0.2, 0.25) is 5.91 Å². The first-order chi connectivity index (χ1) is 20.6. The van der Waals surface area contributed by atoms with Crippen LogP contribution in [-0.2, 0) is 9.53 Å². The highest BCUT2D eigenvalue weighted by molar-refractivity contribution is 6.03. The highest BCUT2D eigenvalue weighted by atomic mass is 16.5. The molecule has 1 unspecified atom stereocenters. The monoisotopic (exact) mass is 566 g/mol. The quantitative estimate of drug-likeness (QED) is 0.234. The molecule has 2 atom stereocenters. The molecule has 2 aliphatic rings. The summed E-state index contributed by atoms with van der Waals surface area (Å²) in [4.78, 5) is 43.6. The lowest BCUT2D eigenvalue weighted by Crippen LogP contribution is -2.41. The Morgan fingerprint density at radius 1 is 1.00 bits per heavy atom. The van der Waals surface area contributed by atoms with Crippen molar-refractivity contribution < 1.29 is 14.3 Å². The van der Waals surface area contributed by atoms with Gasteiger partial charge in [-0.1, -0.05) is 18.7 Å². The molecule has 0 spiro atoms. The highest BCUT2D eigenvalue weighted by Gasteiger charge is 2.23. The van der Waals surface area contributed by atoms with Gasteiger partial charge in [-0.3, -0.25) is 14.6 Å². The summed E-state index contributed by atoms with van der Waals surface area (Å²) in [6.45, 7) is 6.49. The Morgan fingerprint density at radius 2 is 1.81 bits per heavy atom. The average molecular weight is 567 g/mol. The van der Waals surface area contributed by atoms with Gasteiger partial charge >= 0.3 is 0 Å². The Bertz CT molecular complexity index is 1580. The summed E-state index contributed by atoms with van der Waals surface area (Å²) in [7, 11) is 0. The number of pyridine rings is 1. The Hall–Kier alpha value is -4.77. The second kappa shape index (κ2) is 12.4. The van der Waals surface area contributed by atoms with Gasteiger partial charge in [-0.2, -0.15) is 0 Å². The summed E-state index contributed by atoms with van der Waals surface area (Å²) < 4.78 is 5.48. The van der Waals surface area contributed by atoms with Crippen LogP contribution >= 0.6 is 0 Å². The van der Waals surface area contributed by atoms with Gasteiger partial charge in [0.25, 0.3) is 5.91 Å². The smallest absolute Gasteiger partial charge is 0.274 e. The molecule has 1 aliphatic carbocycles. The average Bonchev–Trinajstić information content (AvgIpc) is 3.47. The third kappa shape index (κ3) is 6.26. The highest BCUT2D eigenvalue weighted by Crippen LogP contribution is 2.30. The summed E-state index contributed by atoms with van der Waals surface area (Å²) >= 11 is 0. The number of ether oxygens (including phenoxy) is 1. The Labute approximate surface area is 243 Å². The number of hydrogen-bond donors (Lipinski definition) is 4. The Balaban J connectivity index is 1.10. The minimum Gasteiger partial charge on any atom is -0.382 e. The summed E-state index contributed by atoms with van der Waals surface area (Å²) in [6.07, 6.45) is 8.28. The number of morpholine rings is 1. The minimum atomic E-state index is -0.290. The molecule has 4 heterocycles. The fraction of sp³-hybridized carbons (Fsp3) is 0.323. The third-order valence-corrected chi connectivity index (χ3v) is 7.74. The van der Waals surface area contributed by atoms with Crippen LogP contribution in [0, 0.1) is 0 Å². The van der Waals surface area contributed by atoms with Crippen molar-refractivity contribution >= 4 is 40.0 Å². The van der Waals surface area contributed by atoms with E-state index in [0.717, 1.165) is 72.6 Å². The van der Waals surface area contributed by atoms with Crippen LogP contribution in [0.1, 0.15) is 36.2 Å². The number of fused-ring (bicyclic) bond motifs is 1. The van der Waals surface area contributed by atoms with Gasteiger partial charge in [0, 0.05) is 48.4 Å². The van der Waals surface area contributed by atoms with Crippen LogP contribution in [0.15, 0.2) is 67.6 Å². The van der Waals surface area contributed by atoms with Crippen LogP contribution in [0.2, 0.25) is 0 Å². The molecule has 0 bridgehead atoms. The van der Waals surface area contributed by atoms with Crippen LogP contribution in [0.3, 0.4) is 0 Å². The number of hydrogen-bond acceptors (Lipinski definition) is 8. The molecular formula is C31H34N8O3. The van der Waals surface area contributed by atoms with Gasteiger partial charge in [0.05, 0.1) is 18.6 Å². The molecule has 1 aliphatic heterocycles. The van der Waals surface area contributed by atoms with E-state index in [1.165, 1.54) is 6.08 Å². The lowest BCUT2D eigenvalue weighted by molar-refractivity contribution is -0.117. The topological polar surface area (TPSA) is 137 Å². The number of benzene rings is 1. The van der Waals surface area contributed by atoms with E-state index in [1.54, 1.807) is 18.6 Å². The molecule has 0 radical (unpaired) electrons. The molecule has 1 saturated carbocycles. The number of nitrogens with zero attached hydrogens (tertiary/aromatic N) is 4. The minimum absolute atomic E-state index is 0.110. The summed E-state index contributed by atoms with van der Waals surface area (Å²) in [6, 6.07) is 13.6. The Morgan fingerprint density at radius 3 is 2.62 bits per heavy atom. The standard InChI is InChI=1S/C31H34N8O3/c1-2-28(40)36-23-5-3-4-22(16-23)35-24-10-11-32-27(17-24)31(41)37-21-8-6-20(7-9-21)26-18-25-29(38-26)33-19-34-30(25)39-12-14-42-15-13-39/h2,6-11,17-19,22-23H,1,3-5,12-16H2,(H,32,35)(H,36,40)(H,37,41)(H,33,34,38)/t22-,23?/m0/s1. The van der Waals surface area contributed by atoms with Crippen molar-refractivity contribution in [3.63, 3.8) is 0 Å². The lowest BCUT2D eigenvalue weighted by atomic mass is 9.90. The molecule has 3 aromatic heterocycles. The van der Waals surface area contributed by atoms with Gasteiger partial charge in [-0.15, -0.1) is 0 Å². The normalized spacial score (nSPS) is 18.8. The number of rotatable bonds is 8. The number of nitrogens with one attached hydrogen (secondary N) is 4. The molecule has 2 amide bonds. The zero-order chi connectivity index (χ0) is 28.9. The van der Waals surface area contributed by atoms with Crippen molar-refractivity contribution in [2.75, 3.05) is 41.8 Å². The van der Waals surface area contributed by atoms with E-state index < -0.39 is 0 Å². The van der Waals surface area contributed by atoms with Crippen molar-refractivity contribution in [1.82, 2.24) is 25.3 Å². The SMILES string of the molecule is C=CC(=O)NC1CCC[C@H](Nc2ccnc(C(=O)Nc3ccc(-c4cc5c(N6CCOCC6)ncnc5[nH]4)cc3)c2)C1. The van der Waals surface area contributed by atoms with E-state index in [1.807, 2.05) is 30.3 Å². The molecule has 6 rings (SSSR count). The second-order valence-corrected chi connectivity index (χ2v) is 10.6. The fourth-order valence-electron chi connectivity index (χ4n) is 5.63. The second-order valence-electron chi connectivity index (χ2n) is 10.6. The van der Waals surface area contributed by atoms with Crippen LogP contribution < -0.4 is 20.9 Å². The summed E-state index contributed by atoms with van der Waals surface area (Å²) in [5.41, 5.74) is 4.49. The maximum Gasteiger partial charge on any atom is 0.274 e. The van der Waals surface area contributed by atoms with E-state index in [2.05, 4.69) is 53.4 Å². The maximum atomic E-state index is 13.0. The van der Waals surface area contributed by atoms with Crippen molar-refractivity contribution in [2.24, 2.45) is 0 Å². The maximum absolute atomic E-state index is 13.0. The van der Waals surface area contributed by atoms with Crippen LogP contribution in [0.4, 0.5) is 17.2 Å². The molecule has 11 nitrogen and oxygen atoms in total. The molecule has 2 fully saturated rings. The van der Waals surface area contributed by atoms with E-state index >= 15 is 0 Å². The molecule has 4 N–H and O–H groups in total. The fourth-order valence-corrected chi connectivity index (χ4v) is 5.63. The van der Waals surface area contributed by atoms with Crippen molar-refractivity contribution in [1.29, 1.82) is 0 Å². The Kier molecular flexibility index (Phi) is 8.09. The molecule has 216 valence electrons. The first-order valence-electron chi connectivity index (χ1n) is 14.3. The number of anilines is 3. The van der Waals surface area contributed by atoms with E-state index in [9.17, 15) is 9.59 Å². The van der Waals surface area contributed by atoms with Gasteiger partial charge in [0.15, 0.2) is 0 Å². The van der Waals surface area contributed by atoms with Crippen molar-refractivity contribution in [2.45, 2.75) is 37.8 Å². The number of aromatic amines is 1. The predicted octanol–water partition coefficient (Wildman–Crippen LogP) is 4.13. The van der Waals surface area contributed by atoms with E-state index in [4.69, 9.17) is 4.74 Å². The van der Waals surface area contributed by atoms with E-state index in [-0.39, 0.29) is 23.9 Å². The van der Waals surface area contributed by atoms with Crippen LogP contribution in [-0.4, -0.2) is 70.1 Å². The number of aromatic nitrogens is 4. The summed E-state index contributed by atoms with van der Waals surface area (Å²) in [5, 5.41) is 10.4.